The minimum absolute atomic E-state index is 0.135. The molecule has 4 rings (SSSR count). The fraction of sp³-hybridized carbons (Fsp3) is 0.577. The average molecular weight is 551 g/mol. The van der Waals surface area contributed by atoms with Gasteiger partial charge in [0.05, 0.1) is 19.4 Å². The third kappa shape index (κ3) is 5.93. The third-order valence-corrected chi connectivity index (χ3v) is 11.3. The Labute approximate surface area is 221 Å². The van der Waals surface area contributed by atoms with Crippen LogP contribution in [0.3, 0.4) is 0 Å². The second kappa shape index (κ2) is 12.1. The highest BCUT2D eigenvalue weighted by molar-refractivity contribution is 7.58. The van der Waals surface area contributed by atoms with Gasteiger partial charge in [-0.3, -0.25) is 14.2 Å². The average Bonchev–Trinajstić information content (AvgIpc) is 3.64. The Kier molecular flexibility index (Phi) is 9.06. The highest BCUT2D eigenvalue weighted by atomic mass is 32.1. The van der Waals surface area contributed by atoms with Crippen LogP contribution in [0.5, 0.6) is 0 Å². The molecule has 2 aliphatic heterocycles. The molecule has 0 unspecified atom stereocenters. The number of carbonyl (C=O) groups excluding carboxylic acids is 2. The van der Waals surface area contributed by atoms with E-state index in [1.54, 1.807) is 15.4 Å². The van der Waals surface area contributed by atoms with Crippen molar-refractivity contribution in [1.29, 1.82) is 0 Å². The number of esters is 2. The zero-order valence-electron chi connectivity index (χ0n) is 21.4. The maximum Gasteiger partial charge on any atom is 0.345 e. The summed E-state index contributed by atoms with van der Waals surface area (Å²) in [6.45, 7) is 5.42. The minimum Gasteiger partial charge on any atom is -0.477 e. The van der Waals surface area contributed by atoms with E-state index < -0.39 is 25.5 Å². The number of thiophene rings is 1. The Bertz CT molecular complexity index is 1160. The van der Waals surface area contributed by atoms with Crippen molar-refractivity contribution in [2.45, 2.75) is 70.6 Å². The normalized spacial score (nSPS) is 20.9. The van der Waals surface area contributed by atoms with E-state index in [2.05, 4.69) is 0 Å². The predicted octanol–water partition coefficient (Wildman–Crippen LogP) is 5.13. The van der Waals surface area contributed by atoms with Crippen LogP contribution in [0.2, 0.25) is 0 Å². The van der Waals surface area contributed by atoms with Gasteiger partial charge in [-0.2, -0.15) is 0 Å². The molecule has 0 aliphatic carbocycles. The Morgan fingerprint density at radius 2 is 1.54 bits per heavy atom. The zero-order valence-corrected chi connectivity index (χ0v) is 23.1. The van der Waals surface area contributed by atoms with Crippen LogP contribution in [0.4, 0.5) is 0 Å². The van der Waals surface area contributed by atoms with Crippen molar-refractivity contribution in [3.05, 3.63) is 34.7 Å². The first kappa shape index (κ1) is 27.8. The van der Waals surface area contributed by atoms with Crippen molar-refractivity contribution < 1.29 is 33.5 Å². The number of rotatable bonds is 11. The van der Waals surface area contributed by atoms with E-state index in [-0.39, 0.29) is 23.0 Å². The van der Waals surface area contributed by atoms with Crippen molar-refractivity contribution in [2.24, 2.45) is 0 Å². The smallest absolute Gasteiger partial charge is 0.345 e. The summed E-state index contributed by atoms with van der Waals surface area (Å²) in [7, 11) is -3.46. The van der Waals surface area contributed by atoms with E-state index in [1.807, 2.05) is 32.0 Å². The van der Waals surface area contributed by atoms with Gasteiger partial charge in [0.1, 0.15) is 17.0 Å². The van der Waals surface area contributed by atoms with Crippen LogP contribution in [-0.4, -0.2) is 70.7 Å². The molecule has 37 heavy (non-hydrogen) atoms. The van der Waals surface area contributed by atoms with Gasteiger partial charge in [-0.15, -0.1) is 11.3 Å². The highest BCUT2D eigenvalue weighted by Crippen LogP contribution is 2.61. The van der Waals surface area contributed by atoms with Crippen molar-refractivity contribution >= 4 is 46.8 Å². The Balaban J connectivity index is 1.70. The van der Waals surface area contributed by atoms with E-state index in [9.17, 15) is 19.5 Å². The number of carboxylic acids is 1. The molecule has 2 aliphatic rings. The largest absolute Gasteiger partial charge is 0.477 e. The summed E-state index contributed by atoms with van der Waals surface area (Å²) >= 11 is 1.19. The Morgan fingerprint density at radius 3 is 2.05 bits per heavy atom. The van der Waals surface area contributed by atoms with Gasteiger partial charge in [0, 0.05) is 17.8 Å². The van der Waals surface area contributed by atoms with Crippen molar-refractivity contribution in [2.75, 3.05) is 26.3 Å². The maximum atomic E-state index is 15.2. The van der Waals surface area contributed by atoms with Gasteiger partial charge in [0.2, 0.25) is 7.44 Å². The molecule has 0 radical (unpaired) electrons. The van der Waals surface area contributed by atoms with E-state index in [0.717, 1.165) is 15.6 Å². The van der Waals surface area contributed by atoms with Crippen LogP contribution in [0.25, 0.3) is 10.1 Å². The number of benzene rings is 1. The zero-order chi connectivity index (χ0) is 26.6. The fourth-order valence-electron chi connectivity index (χ4n) is 5.19. The van der Waals surface area contributed by atoms with Gasteiger partial charge in [0.15, 0.2) is 0 Å². The summed E-state index contributed by atoms with van der Waals surface area (Å²) in [5, 5.41) is 10.1. The van der Waals surface area contributed by atoms with Crippen molar-refractivity contribution in [3.63, 3.8) is 0 Å². The number of aromatic carboxylic acids is 1. The third-order valence-electron chi connectivity index (χ3n) is 6.87. The summed E-state index contributed by atoms with van der Waals surface area (Å²) in [5.41, 5.74) is 0.769. The van der Waals surface area contributed by atoms with E-state index >= 15 is 4.57 Å². The molecule has 3 heterocycles. The van der Waals surface area contributed by atoms with Crippen LogP contribution in [-0.2, 0) is 29.8 Å². The van der Waals surface area contributed by atoms with Crippen molar-refractivity contribution in [3.8, 4) is 0 Å². The second-order valence-electron chi connectivity index (χ2n) is 9.59. The molecule has 0 amide bonds. The molecule has 1 N–H and O–H groups in total. The van der Waals surface area contributed by atoms with Crippen LogP contribution in [0.1, 0.15) is 67.6 Å². The Hall–Kier alpha value is -2.26. The molecule has 202 valence electrons. The number of ether oxygens (including phenoxy) is 2. The lowest BCUT2D eigenvalue weighted by molar-refractivity contribution is -0.147. The molecule has 11 heteroatoms. The molecule has 1 aromatic heterocycles. The van der Waals surface area contributed by atoms with Crippen LogP contribution < -0.4 is 0 Å². The lowest BCUT2D eigenvalue weighted by atomic mass is 10.2. The Morgan fingerprint density at radius 1 is 0.973 bits per heavy atom. The van der Waals surface area contributed by atoms with Crippen LogP contribution in [0.15, 0.2) is 24.3 Å². The molecule has 0 saturated carbocycles. The maximum absolute atomic E-state index is 15.2. The van der Waals surface area contributed by atoms with E-state index in [0.29, 0.717) is 64.8 Å². The SMILES string of the molecule is CCCOC(=O)[C@@H]1CCCN1P(=O)(Cc1ccc2sc(C(=O)O)cc2c1)N1CCC[C@H]1C(=O)OCCC. The molecule has 9 nitrogen and oxygen atoms in total. The number of hydrogen-bond acceptors (Lipinski definition) is 7. The van der Waals surface area contributed by atoms with Crippen molar-refractivity contribution in [1.82, 2.24) is 9.34 Å². The molecule has 0 spiro atoms. The first-order valence-corrected chi connectivity index (χ1v) is 15.6. The minimum atomic E-state index is -3.46. The highest BCUT2D eigenvalue weighted by Gasteiger charge is 2.51. The quantitative estimate of drug-likeness (QED) is 0.301. The monoisotopic (exact) mass is 550 g/mol. The fourth-order valence-corrected chi connectivity index (χ4v) is 9.60. The van der Waals surface area contributed by atoms with Gasteiger partial charge in [-0.25, -0.2) is 14.1 Å². The lowest BCUT2D eigenvalue weighted by Crippen LogP contribution is -2.44. The van der Waals surface area contributed by atoms with Gasteiger partial charge in [-0.1, -0.05) is 19.9 Å². The van der Waals surface area contributed by atoms with Gasteiger partial charge >= 0.3 is 17.9 Å². The molecule has 2 fully saturated rings. The summed E-state index contributed by atoms with van der Waals surface area (Å²) in [5.74, 6) is -1.73. The standard InChI is InChI=1S/C26H35N2O7PS/c1-3-13-34-25(31)20-7-5-11-27(20)36(33,28-12-6-8-21(28)26(32)35-14-4-2)17-18-9-10-22-19(15-18)16-23(37-22)24(29)30/h9-10,15-16,20-21H,3-8,11-14,17H2,1-2H3,(H,29,30)/t20-,21-/m0/s1. The number of fused-ring (bicyclic) bond motifs is 1. The number of nitrogens with zero attached hydrogens (tertiary/aromatic N) is 2. The number of hydrogen-bond donors (Lipinski definition) is 1. The number of carbonyl (C=O) groups is 3. The summed E-state index contributed by atoms with van der Waals surface area (Å²) < 4.78 is 30.5. The second-order valence-corrected chi connectivity index (χ2v) is 13.3. The number of carboxylic acid groups (broad SMARTS) is 1. The molecule has 2 aromatic rings. The molecular formula is C26H35N2O7PS. The molecule has 0 bridgehead atoms. The lowest BCUT2D eigenvalue weighted by Gasteiger charge is -2.40. The summed E-state index contributed by atoms with van der Waals surface area (Å²) in [6, 6.07) is 5.94. The van der Waals surface area contributed by atoms with Crippen LogP contribution >= 0.6 is 18.8 Å². The van der Waals surface area contributed by atoms with Crippen LogP contribution in [0, 0.1) is 0 Å². The molecule has 2 saturated heterocycles. The molecular weight excluding hydrogens is 515 g/mol. The van der Waals surface area contributed by atoms with E-state index in [1.165, 1.54) is 11.3 Å². The summed E-state index contributed by atoms with van der Waals surface area (Å²) in [6.07, 6.45) is 4.06. The molecule has 2 atom stereocenters. The first-order valence-electron chi connectivity index (χ1n) is 13.0. The van der Waals surface area contributed by atoms with E-state index in [4.69, 9.17) is 9.47 Å². The predicted molar refractivity (Wildman–Crippen MR) is 142 cm³/mol. The topological polar surface area (TPSA) is 113 Å². The molecule has 1 aromatic carbocycles. The van der Waals surface area contributed by atoms with Gasteiger partial charge < -0.3 is 14.6 Å². The van der Waals surface area contributed by atoms with Gasteiger partial charge in [-0.05, 0) is 67.7 Å². The van der Waals surface area contributed by atoms with Gasteiger partial charge in [0.25, 0.3) is 0 Å². The summed E-state index contributed by atoms with van der Waals surface area (Å²) in [4.78, 5) is 37.6. The first-order chi connectivity index (χ1) is 17.8.